The average molecular weight is 265 g/mol. The molecule has 0 aliphatic rings. The number of nitrogens with one attached hydrogen (secondary N) is 2. The number of hydrogen-bond donors (Lipinski definition) is 2. The summed E-state index contributed by atoms with van der Waals surface area (Å²) in [6.45, 7) is 3.33. The Hall–Kier alpha value is -1.41. The second-order valence-corrected chi connectivity index (χ2v) is 3.89. The molecule has 8 heteroatoms. The second kappa shape index (κ2) is 5.49. The Kier molecular flexibility index (Phi) is 4.47. The van der Waals surface area contributed by atoms with Gasteiger partial charge in [-0.05, 0) is 20.8 Å². The number of H-pyrrole nitrogens is 1. The quantitative estimate of drug-likeness (QED) is 0.810. The molecule has 1 rings (SSSR count). The molecule has 1 unspecified atom stereocenters. The number of aryl methyl sites for hydroxylation is 2. The second-order valence-electron chi connectivity index (χ2n) is 3.89. The van der Waals surface area contributed by atoms with E-state index in [-0.39, 0.29) is 5.56 Å². The number of nitrogens with zero attached hydrogens (tertiary/aromatic N) is 1. The maximum atomic E-state index is 11.9. The van der Waals surface area contributed by atoms with Crippen LogP contribution in [0.2, 0.25) is 0 Å². The first-order chi connectivity index (χ1) is 8.20. The van der Waals surface area contributed by atoms with E-state index in [1.54, 1.807) is 13.8 Å². The van der Waals surface area contributed by atoms with Crippen LogP contribution in [0, 0.1) is 13.8 Å². The first-order valence-electron chi connectivity index (χ1n) is 5.22. The SMILES string of the molecule is Cc1nc(C)c(C(C)NOCC(F)(F)F)c(=O)[nH]1. The van der Waals surface area contributed by atoms with Gasteiger partial charge in [0, 0.05) is 5.69 Å². The highest BCUT2D eigenvalue weighted by atomic mass is 19.4. The van der Waals surface area contributed by atoms with Crippen LogP contribution < -0.4 is 11.0 Å². The molecule has 0 saturated carbocycles. The Balaban J connectivity index is 2.73. The van der Waals surface area contributed by atoms with Crippen molar-refractivity contribution >= 4 is 0 Å². The van der Waals surface area contributed by atoms with Gasteiger partial charge >= 0.3 is 6.18 Å². The Morgan fingerprint density at radius 1 is 1.44 bits per heavy atom. The number of hydrogen-bond acceptors (Lipinski definition) is 4. The fourth-order valence-corrected chi connectivity index (χ4v) is 1.55. The Morgan fingerprint density at radius 3 is 2.56 bits per heavy atom. The van der Waals surface area contributed by atoms with Gasteiger partial charge in [-0.15, -0.1) is 0 Å². The summed E-state index contributed by atoms with van der Waals surface area (Å²) in [5, 5.41) is 0. The van der Waals surface area contributed by atoms with E-state index in [0.29, 0.717) is 11.5 Å². The van der Waals surface area contributed by atoms with Gasteiger partial charge in [0.1, 0.15) is 5.82 Å². The van der Waals surface area contributed by atoms with Crippen molar-refractivity contribution < 1.29 is 18.0 Å². The standard InChI is InChI=1S/C10H14F3N3O2/c1-5-8(9(17)15-7(3)14-5)6(2)16-18-4-10(11,12)13/h6,16H,4H2,1-3H3,(H,14,15,17). The summed E-state index contributed by atoms with van der Waals surface area (Å²) in [6.07, 6.45) is -4.42. The molecule has 1 aromatic heterocycles. The minimum absolute atomic E-state index is 0.253. The first kappa shape index (κ1) is 14.7. The summed E-state index contributed by atoms with van der Waals surface area (Å²) in [5.41, 5.74) is 2.49. The summed E-state index contributed by atoms with van der Waals surface area (Å²) >= 11 is 0. The van der Waals surface area contributed by atoms with E-state index in [0.717, 1.165) is 0 Å². The third-order valence-electron chi connectivity index (χ3n) is 2.19. The van der Waals surface area contributed by atoms with Gasteiger partial charge in [-0.1, -0.05) is 0 Å². The zero-order valence-corrected chi connectivity index (χ0v) is 10.2. The summed E-state index contributed by atoms with van der Waals surface area (Å²) < 4.78 is 35.6. The maximum Gasteiger partial charge on any atom is 0.413 e. The summed E-state index contributed by atoms with van der Waals surface area (Å²) in [4.78, 5) is 22.5. The van der Waals surface area contributed by atoms with E-state index in [1.165, 1.54) is 6.92 Å². The lowest BCUT2D eigenvalue weighted by atomic mass is 10.1. The zero-order valence-electron chi connectivity index (χ0n) is 10.2. The van der Waals surface area contributed by atoms with Crippen LogP contribution in [0.4, 0.5) is 13.2 Å². The van der Waals surface area contributed by atoms with Crippen molar-refractivity contribution in [1.82, 2.24) is 15.4 Å². The lowest BCUT2D eigenvalue weighted by Gasteiger charge is -2.16. The number of aromatic amines is 1. The van der Waals surface area contributed by atoms with Crippen molar-refractivity contribution in [3.05, 3.63) is 27.4 Å². The summed E-state index contributed by atoms with van der Waals surface area (Å²) in [6, 6.07) is -0.691. The molecule has 0 bridgehead atoms. The molecule has 102 valence electrons. The Labute approximate surface area is 101 Å². The van der Waals surface area contributed by atoms with Crippen LogP contribution in [0.25, 0.3) is 0 Å². The first-order valence-corrected chi connectivity index (χ1v) is 5.22. The van der Waals surface area contributed by atoms with Crippen molar-refractivity contribution in [1.29, 1.82) is 0 Å². The lowest BCUT2D eigenvalue weighted by molar-refractivity contribution is -0.192. The fraction of sp³-hybridized carbons (Fsp3) is 0.600. The van der Waals surface area contributed by atoms with Crippen molar-refractivity contribution in [2.24, 2.45) is 0 Å². The molecule has 18 heavy (non-hydrogen) atoms. The number of alkyl halides is 3. The third-order valence-corrected chi connectivity index (χ3v) is 2.19. The van der Waals surface area contributed by atoms with E-state index in [4.69, 9.17) is 0 Å². The van der Waals surface area contributed by atoms with Crippen LogP contribution in [-0.2, 0) is 4.84 Å². The predicted molar refractivity (Wildman–Crippen MR) is 57.9 cm³/mol. The van der Waals surface area contributed by atoms with Crippen LogP contribution in [0.5, 0.6) is 0 Å². The largest absolute Gasteiger partial charge is 0.413 e. The molecule has 0 saturated heterocycles. The van der Waals surface area contributed by atoms with Crippen molar-refractivity contribution in [3.63, 3.8) is 0 Å². The molecule has 0 spiro atoms. The predicted octanol–water partition coefficient (Wildman–Crippen LogP) is 1.53. The van der Waals surface area contributed by atoms with Gasteiger partial charge in [0.15, 0.2) is 6.61 Å². The molecule has 0 radical (unpaired) electrons. The minimum atomic E-state index is -4.42. The molecule has 1 aromatic rings. The van der Waals surface area contributed by atoms with Crippen LogP contribution in [0.15, 0.2) is 4.79 Å². The van der Waals surface area contributed by atoms with Gasteiger partial charge < -0.3 is 4.98 Å². The molecule has 0 amide bonds. The molecule has 0 fully saturated rings. The van der Waals surface area contributed by atoms with Crippen molar-refractivity contribution in [3.8, 4) is 0 Å². The normalized spacial score (nSPS) is 13.7. The minimum Gasteiger partial charge on any atom is -0.310 e. The highest BCUT2D eigenvalue weighted by molar-refractivity contribution is 5.19. The number of halogens is 3. The van der Waals surface area contributed by atoms with E-state index < -0.39 is 24.4 Å². The van der Waals surface area contributed by atoms with Gasteiger partial charge in [0.2, 0.25) is 0 Å². The summed E-state index contributed by atoms with van der Waals surface area (Å²) in [5.74, 6) is 0.449. The maximum absolute atomic E-state index is 11.9. The van der Waals surface area contributed by atoms with Crippen LogP contribution in [0.3, 0.4) is 0 Å². The molecule has 1 atom stereocenters. The lowest BCUT2D eigenvalue weighted by Crippen LogP contribution is -2.31. The highest BCUT2D eigenvalue weighted by Crippen LogP contribution is 2.15. The van der Waals surface area contributed by atoms with E-state index >= 15 is 0 Å². The third kappa shape index (κ3) is 4.11. The van der Waals surface area contributed by atoms with Gasteiger partial charge in [0.05, 0.1) is 11.6 Å². The Morgan fingerprint density at radius 2 is 2.06 bits per heavy atom. The molecule has 1 heterocycles. The smallest absolute Gasteiger partial charge is 0.310 e. The number of rotatable bonds is 4. The Bertz CT molecular complexity index is 470. The zero-order chi connectivity index (χ0) is 13.9. The van der Waals surface area contributed by atoms with Gasteiger partial charge in [-0.25, -0.2) is 4.98 Å². The number of aromatic nitrogens is 2. The van der Waals surface area contributed by atoms with Crippen LogP contribution in [0.1, 0.15) is 30.0 Å². The average Bonchev–Trinajstić information content (AvgIpc) is 2.13. The molecule has 0 aromatic carbocycles. The fourth-order valence-electron chi connectivity index (χ4n) is 1.55. The number of hydroxylamine groups is 1. The van der Waals surface area contributed by atoms with E-state index in [2.05, 4.69) is 20.3 Å². The topological polar surface area (TPSA) is 67.0 Å². The van der Waals surface area contributed by atoms with Crippen LogP contribution in [-0.4, -0.2) is 22.8 Å². The molecular weight excluding hydrogens is 251 g/mol. The van der Waals surface area contributed by atoms with Gasteiger partial charge in [-0.2, -0.15) is 18.7 Å². The van der Waals surface area contributed by atoms with Gasteiger partial charge in [0.25, 0.3) is 5.56 Å². The van der Waals surface area contributed by atoms with Crippen LogP contribution >= 0.6 is 0 Å². The van der Waals surface area contributed by atoms with E-state index in [9.17, 15) is 18.0 Å². The van der Waals surface area contributed by atoms with E-state index in [1.807, 2.05) is 0 Å². The van der Waals surface area contributed by atoms with Crippen molar-refractivity contribution in [2.45, 2.75) is 33.0 Å². The summed E-state index contributed by atoms with van der Waals surface area (Å²) in [7, 11) is 0. The molecule has 0 aliphatic carbocycles. The van der Waals surface area contributed by atoms with Crippen molar-refractivity contribution in [2.75, 3.05) is 6.61 Å². The molecule has 0 aliphatic heterocycles. The molecule has 2 N–H and O–H groups in total. The molecule has 5 nitrogen and oxygen atoms in total. The van der Waals surface area contributed by atoms with Gasteiger partial charge in [-0.3, -0.25) is 9.63 Å². The highest BCUT2D eigenvalue weighted by Gasteiger charge is 2.28. The molecular formula is C10H14F3N3O2. The monoisotopic (exact) mass is 265 g/mol.